The number of carbonyl (C=O) groups excluding carboxylic acids is 2. The van der Waals surface area contributed by atoms with Crippen molar-refractivity contribution in [2.45, 2.75) is 20.4 Å². The SMILES string of the molecule is COc1ccc(C[NH+]2CC[NH+](CC(=O)NC(=O)Nc3ccc(C)cc3C)CC2)cc1. The molecule has 0 radical (unpaired) electrons. The normalized spacial score (nSPS) is 18.5. The highest BCUT2D eigenvalue weighted by molar-refractivity contribution is 6.01. The second-order valence-electron chi connectivity index (χ2n) is 8.02. The average Bonchev–Trinajstić information content (AvgIpc) is 2.72. The van der Waals surface area contributed by atoms with E-state index in [0.717, 1.165) is 49.6 Å². The lowest BCUT2D eigenvalue weighted by molar-refractivity contribution is -1.02. The number of hydrogen-bond donors (Lipinski definition) is 4. The number of imide groups is 1. The number of benzene rings is 2. The molecule has 0 unspecified atom stereocenters. The van der Waals surface area contributed by atoms with Crippen LogP contribution in [0, 0.1) is 13.8 Å². The molecular weight excluding hydrogens is 380 g/mol. The van der Waals surface area contributed by atoms with Crippen LogP contribution in [0.25, 0.3) is 0 Å². The summed E-state index contributed by atoms with van der Waals surface area (Å²) >= 11 is 0. The van der Waals surface area contributed by atoms with Gasteiger partial charge in [-0.05, 0) is 49.7 Å². The van der Waals surface area contributed by atoms with Gasteiger partial charge in [0, 0.05) is 11.3 Å². The first-order valence-corrected chi connectivity index (χ1v) is 10.4. The maximum absolute atomic E-state index is 12.3. The maximum atomic E-state index is 12.3. The third kappa shape index (κ3) is 6.30. The minimum atomic E-state index is -0.477. The summed E-state index contributed by atoms with van der Waals surface area (Å²) in [4.78, 5) is 27.1. The van der Waals surface area contributed by atoms with Crippen molar-refractivity contribution in [3.63, 3.8) is 0 Å². The highest BCUT2D eigenvalue weighted by Gasteiger charge is 2.25. The van der Waals surface area contributed by atoms with Crippen molar-refractivity contribution in [1.29, 1.82) is 0 Å². The lowest BCUT2D eigenvalue weighted by atomic mass is 10.1. The van der Waals surface area contributed by atoms with Crippen molar-refractivity contribution in [3.05, 3.63) is 59.2 Å². The standard InChI is InChI=1S/C23H30N4O3/c1-17-4-9-21(18(2)14-17)24-23(29)25-22(28)16-27-12-10-26(11-13-27)15-19-5-7-20(30-3)8-6-19/h4-9,14H,10-13,15-16H2,1-3H3,(H2,24,25,28,29)/p+2. The quantitative estimate of drug-likeness (QED) is 0.537. The summed E-state index contributed by atoms with van der Waals surface area (Å²) in [7, 11) is 1.67. The van der Waals surface area contributed by atoms with Crippen LogP contribution in [0.1, 0.15) is 16.7 Å². The van der Waals surface area contributed by atoms with E-state index >= 15 is 0 Å². The Hall–Kier alpha value is -2.90. The van der Waals surface area contributed by atoms with E-state index in [2.05, 4.69) is 22.8 Å². The van der Waals surface area contributed by atoms with E-state index in [4.69, 9.17) is 4.74 Å². The summed E-state index contributed by atoms with van der Waals surface area (Å²) in [5.74, 6) is 0.626. The number of urea groups is 1. The first kappa shape index (κ1) is 21.8. The molecule has 0 bridgehead atoms. The molecule has 2 aromatic rings. The first-order chi connectivity index (χ1) is 14.4. The molecule has 0 spiro atoms. The molecule has 30 heavy (non-hydrogen) atoms. The third-order valence-corrected chi connectivity index (χ3v) is 5.57. The van der Waals surface area contributed by atoms with Crippen LogP contribution in [0.3, 0.4) is 0 Å². The van der Waals surface area contributed by atoms with Gasteiger partial charge in [-0.2, -0.15) is 0 Å². The zero-order chi connectivity index (χ0) is 21.5. The lowest BCUT2D eigenvalue weighted by Crippen LogP contribution is -3.28. The number of anilines is 1. The molecule has 160 valence electrons. The fraction of sp³-hybridized carbons (Fsp3) is 0.391. The number of rotatable bonds is 6. The Morgan fingerprint density at radius 1 is 0.967 bits per heavy atom. The molecule has 3 amide bonds. The predicted octanol–water partition coefficient (Wildman–Crippen LogP) is -0.0563. The van der Waals surface area contributed by atoms with Gasteiger partial charge >= 0.3 is 6.03 Å². The minimum absolute atomic E-state index is 0.245. The summed E-state index contributed by atoms with van der Waals surface area (Å²) in [6.07, 6.45) is 0. The average molecular weight is 413 g/mol. The van der Waals surface area contributed by atoms with Crippen molar-refractivity contribution in [1.82, 2.24) is 5.32 Å². The van der Waals surface area contributed by atoms with Crippen LogP contribution in [0.15, 0.2) is 42.5 Å². The molecule has 3 rings (SSSR count). The van der Waals surface area contributed by atoms with Crippen molar-refractivity contribution < 1.29 is 24.1 Å². The fourth-order valence-electron chi connectivity index (χ4n) is 3.85. The van der Waals surface area contributed by atoms with E-state index in [1.807, 2.05) is 44.2 Å². The molecule has 7 heteroatoms. The summed E-state index contributed by atoms with van der Waals surface area (Å²) in [6.45, 7) is 9.06. The van der Waals surface area contributed by atoms with E-state index < -0.39 is 6.03 Å². The van der Waals surface area contributed by atoms with Gasteiger partial charge in [-0.3, -0.25) is 10.1 Å². The van der Waals surface area contributed by atoms with Crippen molar-refractivity contribution in [2.24, 2.45) is 0 Å². The Morgan fingerprint density at radius 2 is 1.63 bits per heavy atom. The van der Waals surface area contributed by atoms with Gasteiger partial charge in [-0.25, -0.2) is 4.79 Å². The van der Waals surface area contributed by atoms with E-state index in [1.54, 1.807) is 7.11 Å². The Balaban J connectivity index is 1.39. The molecule has 2 aromatic carbocycles. The number of carbonyl (C=O) groups is 2. The number of quaternary nitrogens is 2. The molecule has 7 nitrogen and oxygen atoms in total. The molecule has 0 aromatic heterocycles. The van der Waals surface area contributed by atoms with Gasteiger partial charge < -0.3 is 19.9 Å². The largest absolute Gasteiger partial charge is 0.497 e. The molecule has 0 saturated carbocycles. The van der Waals surface area contributed by atoms with Crippen molar-refractivity contribution in [3.8, 4) is 5.75 Å². The van der Waals surface area contributed by atoms with Gasteiger partial charge in [0.1, 0.15) is 38.5 Å². The Bertz CT molecular complexity index is 875. The number of aryl methyl sites for hydroxylation is 2. The van der Waals surface area contributed by atoms with E-state index in [-0.39, 0.29) is 5.91 Å². The van der Waals surface area contributed by atoms with Gasteiger partial charge in [0.25, 0.3) is 5.91 Å². The molecule has 1 saturated heterocycles. The molecule has 4 N–H and O–H groups in total. The monoisotopic (exact) mass is 412 g/mol. The van der Waals surface area contributed by atoms with Crippen LogP contribution < -0.4 is 25.2 Å². The minimum Gasteiger partial charge on any atom is -0.497 e. The summed E-state index contributed by atoms with van der Waals surface area (Å²) in [5.41, 5.74) is 4.11. The maximum Gasteiger partial charge on any atom is 0.326 e. The highest BCUT2D eigenvalue weighted by Crippen LogP contribution is 2.15. The topological polar surface area (TPSA) is 76.3 Å². The van der Waals surface area contributed by atoms with Gasteiger partial charge in [0.2, 0.25) is 0 Å². The number of hydrogen-bond acceptors (Lipinski definition) is 3. The van der Waals surface area contributed by atoms with Crippen molar-refractivity contribution >= 4 is 17.6 Å². The molecule has 0 atom stereocenters. The van der Waals surface area contributed by atoms with Gasteiger partial charge in [0.15, 0.2) is 6.54 Å². The molecule has 1 aliphatic rings. The number of amides is 3. The zero-order valence-electron chi connectivity index (χ0n) is 18.0. The van der Waals surface area contributed by atoms with Gasteiger partial charge in [-0.15, -0.1) is 0 Å². The molecular formula is C23H32N4O3+2. The second-order valence-corrected chi connectivity index (χ2v) is 8.02. The molecule has 1 fully saturated rings. The van der Waals surface area contributed by atoms with Crippen LogP contribution in [0.5, 0.6) is 5.75 Å². The molecule has 1 aliphatic heterocycles. The zero-order valence-corrected chi connectivity index (χ0v) is 18.0. The van der Waals surface area contributed by atoms with E-state index in [1.165, 1.54) is 15.4 Å². The Labute approximate surface area is 178 Å². The van der Waals surface area contributed by atoms with Crippen LogP contribution >= 0.6 is 0 Å². The van der Waals surface area contributed by atoms with Crippen molar-refractivity contribution in [2.75, 3.05) is 45.2 Å². The number of nitrogens with one attached hydrogen (secondary N) is 4. The Morgan fingerprint density at radius 3 is 2.27 bits per heavy atom. The lowest BCUT2D eigenvalue weighted by Gasteiger charge is -2.29. The van der Waals surface area contributed by atoms with E-state index in [0.29, 0.717) is 12.2 Å². The molecule has 0 aliphatic carbocycles. The summed E-state index contributed by atoms with van der Waals surface area (Å²) in [6, 6.07) is 13.5. The van der Waals surface area contributed by atoms with Crippen LogP contribution in [0.2, 0.25) is 0 Å². The number of ether oxygens (including phenoxy) is 1. The fourth-order valence-corrected chi connectivity index (χ4v) is 3.85. The highest BCUT2D eigenvalue weighted by atomic mass is 16.5. The van der Waals surface area contributed by atoms with Crippen LogP contribution in [0.4, 0.5) is 10.5 Å². The van der Waals surface area contributed by atoms with E-state index in [9.17, 15) is 9.59 Å². The second kappa shape index (κ2) is 10.2. The van der Waals surface area contributed by atoms with Gasteiger partial charge in [0.05, 0.1) is 7.11 Å². The van der Waals surface area contributed by atoms with Crippen LogP contribution in [-0.4, -0.2) is 51.8 Å². The number of piperazine rings is 1. The van der Waals surface area contributed by atoms with Gasteiger partial charge in [-0.1, -0.05) is 17.7 Å². The predicted molar refractivity (Wildman–Crippen MR) is 116 cm³/mol. The summed E-state index contributed by atoms with van der Waals surface area (Å²) in [5, 5.41) is 5.21. The first-order valence-electron chi connectivity index (χ1n) is 10.4. The summed E-state index contributed by atoms with van der Waals surface area (Å²) < 4.78 is 5.20. The number of methoxy groups -OCH3 is 1. The smallest absolute Gasteiger partial charge is 0.326 e. The molecule has 1 heterocycles. The van der Waals surface area contributed by atoms with Crippen LogP contribution in [-0.2, 0) is 11.3 Å². The Kier molecular flexibility index (Phi) is 7.43. The third-order valence-electron chi connectivity index (χ3n) is 5.57.